The van der Waals surface area contributed by atoms with Crippen molar-refractivity contribution >= 4 is 37.8 Å². The molecule has 0 aliphatic carbocycles. The van der Waals surface area contributed by atoms with Crippen molar-refractivity contribution < 1.29 is 9.90 Å². The number of rotatable bonds is 3. The third kappa shape index (κ3) is 3.58. The summed E-state index contributed by atoms with van der Waals surface area (Å²) in [5.41, 5.74) is 1.23. The second kappa shape index (κ2) is 6.21. The van der Waals surface area contributed by atoms with Crippen molar-refractivity contribution in [2.75, 3.05) is 0 Å². The zero-order chi connectivity index (χ0) is 13.8. The predicted octanol–water partition coefficient (Wildman–Crippen LogP) is 3.85. The van der Waals surface area contributed by atoms with Crippen molar-refractivity contribution in [2.45, 2.75) is 6.54 Å². The van der Waals surface area contributed by atoms with Gasteiger partial charge in [0.2, 0.25) is 0 Å². The van der Waals surface area contributed by atoms with E-state index in [1.54, 1.807) is 30.3 Å². The number of phenols is 1. The molecular weight excluding hydrogens is 374 g/mol. The Labute approximate surface area is 127 Å². The van der Waals surface area contributed by atoms with Gasteiger partial charge in [-0.2, -0.15) is 0 Å². The number of para-hydroxylation sites is 1. The van der Waals surface area contributed by atoms with E-state index in [0.717, 1.165) is 8.95 Å². The van der Waals surface area contributed by atoms with Gasteiger partial charge in [0.1, 0.15) is 5.75 Å². The minimum absolute atomic E-state index is 0.177. The highest BCUT2D eigenvalue weighted by Crippen LogP contribution is 2.22. The maximum absolute atomic E-state index is 12.1. The molecule has 0 radical (unpaired) electrons. The zero-order valence-electron chi connectivity index (χ0n) is 9.86. The molecule has 98 valence electrons. The van der Waals surface area contributed by atoms with Crippen LogP contribution in [0.1, 0.15) is 15.9 Å². The van der Waals surface area contributed by atoms with Crippen LogP contribution in [-0.2, 0) is 6.54 Å². The smallest absolute Gasteiger partial charge is 0.252 e. The van der Waals surface area contributed by atoms with E-state index in [1.807, 2.05) is 12.1 Å². The van der Waals surface area contributed by atoms with Crippen LogP contribution in [0.2, 0.25) is 0 Å². The lowest BCUT2D eigenvalue weighted by molar-refractivity contribution is 0.0950. The fourth-order valence-corrected chi connectivity index (χ4v) is 2.39. The molecule has 0 heterocycles. The van der Waals surface area contributed by atoms with Gasteiger partial charge in [-0.25, -0.2) is 0 Å². The number of amides is 1. The van der Waals surface area contributed by atoms with Gasteiger partial charge in [-0.15, -0.1) is 0 Å². The van der Waals surface area contributed by atoms with Crippen LogP contribution in [0.4, 0.5) is 0 Å². The third-order valence-corrected chi connectivity index (χ3v) is 3.79. The fraction of sp³-hybridized carbons (Fsp3) is 0.0714. The van der Waals surface area contributed by atoms with Crippen LogP contribution in [-0.4, -0.2) is 11.0 Å². The molecule has 0 aliphatic heterocycles. The van der Waals surface area contributed by atoms with E-state index in [4.69, 9.17) is 0 Å². The van der Waals surface area contributed by atoms with Gasteiger partial charge in [0.05, 0.1) is 5.56 Å². The average molecular weight is 385 g/mol. The molecule has 0 bridgehead atoms. The Bertz CT molecular complexity index is 614. The van der Waals surface area contributed by atoms with Crippen molar-refractivity contribution in [3.63, 3.8) is 0 Å². The Balaban J connectivity index is 2.10. The second-order valence-electron chi connectivity index (χ2n) is 3.94. The Hall–Kier alpha value is -1.33. The lowest BCUT2D eigenvalue weighted by atomic mass is 10.2. The highest BCUT2D eigenvalue weighted by Gasteiger charge is 2.10. The molecule has 1 amide bonds. The van der Waals surface area contributed by atoms with Gasteiger partial charge < -0.3 is 10.4 Å². The highest BCUT2D eigenvalue weighted by molar-refractivity contribution is 9.11. The number of hydrogen-bond acceptors (Lipinski definition) is 2. The van der Waals surface area contributed by atoms with E-state index < -0.39 is 0 Å². The lowest BCUT2D eigenvalue weighted by Crippen LogP contribution is -2.23. The Kier molecular flexibility index (Phi) is 4.61. The van der Waals surface area contributed by atoms with Crippen molar-refractivity contribution in [2.24, 2.45) is 0 Å². The van der Waals surface area contributed by atoms with Crippen molar-refractivity contribution in [1.29, 1.82) is 0 Å². The summed E-state index contributed by atoms with van der Waals surface area (Å²) in [4.78, 5) is 12.1. The van der Waals surface area contributed by atoms with Gasteiger partial charge in [0.25, 0.3) is 5.91 Å². The number of phenolic OH excluding ortho intramolecular Hbond substituents is 1. The van der Waals surface area contributed by atoms with Crippen LogP contribution < -0.4 is 5.32 Å². The van der Waals surface area contributed by atoms with Crippen LogP contribution in [0, 0.1) is 0 Å². The summed E-state index contributed by atoms with van der Waals surface area (Å²) in [5.74, 6) is -0.0208. The Morgan fingerprint density at radius 2 is 1.89 bits per heavy atom. The predicted molar refractivity (Wildman–Crippen MR) is 81.1 cm³/mol. The summed E-state index contributed by atoms with van der Waals surface area (Å²) >= 11 is 6.67. The quantitative estimate of drug-likeness (QED) is 0.844. The van der Waals surface area contributed by atoms with Gasteiger partial charge in [0, 0.05) is 21.1 Å². The standard InChI is InChI=1S/C14H11Br2NO2/c15-10-5-6-12(16)11(7-10)14(19)17-8-9-3-1-2-4-13(9)18/h1-7,18H,8H2,(H,17,19). The van der Waals surface area contributed by atoms with E-state index >= 15 is 0 Å². The number of aromatic hydroxyl groups is 1. The van der Waals surface area contributed by atoms with Gasteiger partial charge in [0.15, 0.2) is 0 Å². The van der Waals surface area contributed by atoms with Crippen LogP contribution in [0.25, 0.3) is 0 Å². The average Bonchev–Trinajstić information content (AvgIpc) is 2.40. The van der Waals surface area contributed by atoms with E-state index in [0.29, 0.717) is 11.1 Å². The van der Waals surface area contributed by atoms with Crippen LogP contribution >= 0.6 is 31.9 Å². The molecule has 5 heteroatoms. The monoisotopic (exact) mass is 383 g/mol. The molecule has 3 nitrogen and oxygen atoms in total. The van der Waals surface area contributed by atoms with E-state index in [1.165, 1.54) is 0 Å². The maximum Gasteiger partial charge on any atom is 0.252 e. The van der Waals surface area contributed by atoms with Crippen molar-refractivity contribution in [3.05, 3.63) is 62.5 Å². The molecule has 0 saturated heterocycles. The van der Waals surface area contributed by atoms with Crippen LogP contribution in [0.5, 0.6) is 5.75 Å². The number of halogens is 2. The van der Waals surface area contributed by atoms with E-state index in [2.05, 4.69) is 37.2 Å². The maximum atomic E-state index is 12.1. The largest absolute Gasteiger partial charge is 0.508 e. The highest BCUT2D eigenvalue weighted by atomic mass is 79.9. The number of benzene rings is 2. The van der Waals surface area contributed by atoms with Gasteiger partial charge in [-0.05, 0) is 40.2 Å². The number of carbonyl (C=O) groups excluding carboxylic acids is 1. The SMILES string of the molecule is O=C(NCc1ccccc1O)c1cc(Br)ccc1Br. The molecule has 2 N–H and O–H groups in total. The third-order valence-electron chi connectivity index (χ3n) is 2.60. The second-order valence-corrected chi connectivity index (χ2v) is 5.71. The first-order chi connectivity index (χ1) is 9.08. The molecule has 0 unspecified atom stereocenters. The first kappa shape index (κ1) is 14.1. The fourth-order valence-electron chi connectivity index (χ4n) is 1.60. The van der Waals surface area contributed by atoms with Crippen LogP contribution in [0.15, 0.2) is 51.4 Å². The molecule has 0 aliphatic rings. The molecule has 0 spiro atoms. The number of hydrogen-bond donors (Lipinski definition) is 2. The minimum atomic E-state index is -0.198. The first-order valence-electron chi connectivity index (χ1n) is 5.58. The molecule has 0 saturated carbocycles. The summed E-state index contributed by atoms with van der Waals surface area (Å²) in [6.45, 7) is 0.282. The summed E-state index contributed by atoms with van der Waals surface area (Å²) < 4.78 is 1.56. The molecule has 2 aromatic rings. The number of carbonyl (C=O) groups is 1. The lowest BCUT2D eigenvalue weighted by Gasteiger charge is -2.08. The normalized spacial score (nSPS) is 10.2. The summed E-state index contributed by atoms with van der Waals surface area (Å²) in [6, 6.07) is 12.3. The Morgan fingerprint density at radius 1 is 1.16 bits per heavy atom. The molecule has 0 atom stereocenters. The summed E-state index contributed by atoms with van der Waals surface area (Å²) in [5, 5.41) is 12.4. The van der Waals surface area contributed by atoms with Crippen molar-refractivity contribution in [3.8, 4) is 5.75 Å². The van der Waals surface area contributed by atoms with E-state index in [9.17, 15) is 9.90 Å². The topological polar surface area (TPSA) is 49.3 Å². The minimum Gasteiger partial charge on any atom is -0.508 e. The number of nitrogens with one attached hydrogen (secondary N) is 1. The molecular formula is C14H11Br2NO2. The Morgan fingerprint density at radius 3 is 2.63 bits per heavy atom. The van der Waals surface area contributed by atoms with Gasteiger partial charge in [-0.3, -0.25) is 4.79 Å². The molecule has 2 aromatic carbocycles. The van der Waals surface area contributed by atoms with Gasteiger partial charge >= 0.3 is 0 Å². The molecule has 0 aromatic heterocycles. The molecule has 19 heavy (non-hydrogen) atoms. The van der Waals surface area contributed by atoms with Crippen molar-refractivity contribution in [1.82, 2.24) is 5.32 Å². The zero-order valence-corrected chi connectivity index (χ0v) is 13.0. The summed E-state index contributed by atoms with van der Waals surface area (Å²) in [7, 11) is 0. The molecule has 0 fully saturated rings. The van der Waals surface area contributed by atoms with Gasteiger partial charge in [-0.1, -0.05) is 34.1 Å². The van der Waals surface area contributed by atoms with E-state index in [-0.39, 0.29) is 18.2 Å². The first-order valence-corrected chi connectivity index (χ1v) is 7.16. The van der Waals surface area contributed by atoms with Crippen LogP contribution in [0.3, 0.4) is 0 Å². The molecule has 2 rings (SSSR count). The summed E-state index contributed by atoms with van der Waals surface area (Å²) in [6.07, 6.45) is 0.